The highest BCUT2D eigenvalue weighted by atomic mass is 16.2. The second-order valence-corrected chi connectivity index (χ2v) is 7.67. The topological polar surface area (TPSA) is 40.6 Å². The molecule has 29 heavy (non-hydrogen) atoms. The SMILES string of the molecule is O=C([C@@H]1Cc2ccccc2N1C(=O)c1ccccc1)N1CCc2ccccc2C1. The van der Waals surface area contributed by atoms with Crippen LogP contribution in [0.5, 0.6) is 0 Å². The first-order chi connectivity index (χ1) is 14.2. The van der Waals surface area contributed by atoms with Crippen LogP contribution in [0.15, 0.2) is 78.9 Å². The number of nitrogens with zero attached hydrogens (tertiary/aromatic N) is 2. The van der Waals surface area contributed by atoms with Crippen molar-refractivity contribution in [2.45, 2.75) is 25.4 Å². The molecule has 0 spiro atoms. The largest absolute Gasteiger partial charge is 0.336 e. The lowest BCUT2D eigenvalue weighted by Gasteiger charge is -2.34. The van der Waals surface area contributed by atoms with Crippen molar-refractivity contribution < 1.29 is 9.59 Å². The third-order valence-corrected chi connectivity index (χ3v) is 5.94. The molecule has 4 nitrogen and oxygen atoms in total. The lowest BCUT2D eigenvalue weighted by atomic mass is 9.99. The van der Waals surface area contributed by atoms with Crippen LogP contribution in [0.4, 0.5) is 5.69 Å². The fraction of sp³-hybridized carbons (Fsp3) is 0.200. The zero-order valence-corrected chi connectivity index (χ0v) is 16.1. The number of benzene rings is 3. The molecule has 0 saturated heterocycles. The van der Waals surface area contributed by atoms with Gasteiger partial charge in [0.1, 0.15) is 6.04 Å². The van der Waals surface area contributed by atoms with Crippen LogP contribution in [0, 0.1) is 0 Å². The molecule has 2 aliphatic rings. The molecule has 0 aliphatic carbocycles. The van der Waals surface area contributed by atoms with Crippen LogP contribution < -0.4 is 4.90 Å². The van der Waals surface area contributed by atoms with Gasteiger partial charge >= 0.3 is 0 Å². The van der Waals surface area contributed by atoms with Crippen molar-refractivity contribution in [1.29, 1.82) is 0 Å². The summed E-state index contributed by atoms with van der Waals surface area (Å²) < 4.78 is 0. The minimum absolute atomic E-state index is 0.0278. The summed E-state index contributed by atoms with van der Waals surface area (Å²) in [7, 11) is 0. The lowest BCUT2D eigenvalue weighted by Crippen LogP contribution is -2.50. The van der Waals surface area contributed by atoms with E-state index < -0.39 is 6.04 Å². The van der Waals surface area contributed by atoms with Gasteiger partial charge < -0.3 is 4.90 Å². The van der Waals surface area contributed by atoms with Crippen LogP contribution in [0.1, 0.15) is 27.0 Å². The van der Waals surface area contributed by atoms with E-state index in [1.54, 1.807) is 4.90 Å². The third-order valence-electron chi connectivity index (χ3n) is 5.94. The Morgan fingerprint density at radius 3 is 2.21 bits per heavy atom. The first kappa shape index (κ1) is 17.7. The first-order valence-corrected chi connectivity index (χ1v) is 10.0. The zero-order valence-electron chi connectivity index (χ0n) is 16.1. The Balaban J connectivity index is 1.47. The van der Waals surface area contributed by atoms with E-state index in [1.165, 1.54) is 11.1 Å². The molecule has 3 aromatic rings. The van der Waals surface area contributed by atoms with Gasteiger partial charge in [0.05, 0.1) is 0 Å². The summed E-state index contributed by atoms with van der Waals surface area (Å²) in [5.74, 6) is -0.0914. The number of carbonyl (C=O) groups excluding carboxylic acids is 2. The Kier molecular flexibility index (Phi) is 4.39. The number of carbonyl (C=O) groups is 2. The molecular formula is C25H22N2O2. The number of hydrogen-bond acceptors (Lipinski definition) is 2. The zero-order chi connectivity index (χ0) is 19.8. The van der Waals surface area contributed by atoms with Gasteiger partial charge in [0, 0.05) is 30.8 Å². The van der Waals surface area contributed by atoms with Crippen molar-refractivity contribution >= 4 is 17.5 Å². The van der Waals surface area contributed by atoms with Gasteiger partial charge in [-0.25, -0.2) is 0 Å². The maximum absolute atomic E-state index is 13.6. The van der Waals surface area contributed by atoms with E-state index >= 15 is 0 Å². The molecular weight excluding hydrogens is 360 g/mol. The minimum atomic E-state index is -0.495. The minimum Gasteiger partial charge on any atom is -0.336 e. The summed E-state index contributed by atoms with van der Waals surface area (Å²) in [6.07, 6.45) is 1.42. The Morgan fingerprint density at radius 2 is 1.41 bits per heavy atom. The van der Waals surface area contributed by atoms with Gasteiger partial charge in [-0.3, -0.25) is 14.5 Å². The van der Waals surface area contributed by atoms with Crippen molar-refractivity contribution in [3.8, 4) is 0 Å². The average Bonchev–Trinajstić information content (AvgIpc) is 3.18. The van der Waals surface area contributed by atoms with E-state index in [4.69, 9.17) is 0 Å². The average molecular weight is 382 g/mol. The normalized spacial score (nSPS) is 17.6. The number of rotatable bonds is 2. The summed E-state index contributed by atoms with van der Waals surface area (Å²) in [6.45, 7) is 1.30. The van der Waals surface area contributed by atoms with Crippen LogP contribution in [-0.2, 0) is 24.2 Å². The van der Waals surface area contributed by atoms with Gasteiger partial charge in [0.15, 0.2) is 0 Å². The Morgan fingerprint density at radius 1 is 0.759 bits per heavy atom. The third kappa shape index (κ3) is 3.11. The fourth-order valence-electron chi connectivity index (χ4n) is 4.45. The van der Waals surface area contributed by atoms with Crippen LogP contribution in [0.3, 0.4) is 0 Å². The molecule has 0 N–H and O–H groups in total. The van der Waals surface area contributed by atoms with Crippen LogP contribution in [0.25, 0.3) is 0 Å². The standard InChI is InChI=1S/C25H22N2O2/c28-24(19-9-2-1-3-10-19)27-22-13-7-6-11-20(22)16-23(27)25(29)26-15-14-18-8-4-5-12-21(18)17-26/h1-13,23H,14-17H2/t23-/m0/s1. The Bertz CT molecular complexity index is 1080. The van der Waals surface area contributed by atoms with Gasteiger partial charge in [0.25, 0.3) is 5.91 Å². The first-order valence-electron chi connectivity index (χ1n) is 10.0. The van der Waals surface area contributed by atoms with Crippen LogP contribution in [-0.4, -0.2) is 29.3 Å². The maximum atomic E-state index is 13.6. The predicted molar refractivity (Wildman–Crippen MR) is 113 cm³/mol. The predicted octanol–water partition coefficient (Wildman–Crippen LogP) is 3.84. The highest BCUT2D eigenvalue weighted by Gasteiger charge is 2.40. The molecule has 5 rings (SSSR count). The maximum Gasteiger partial charge on any atom is 0.259 e. The van der Waals surface area contributed by atoms with Crippen molar-refractivity contribution in [2.24, 2.45) is 0 Å². The monoisotopic (exact) mass is 382 g/mol. The van der Waals surface area contributed by atoms with Gasteiger partial charge in [-0.1, -0.05) is 60.7 Å². The molecule has 2 aliphatic heterocycles. The molecule has 3 aromatic carbocycles. The lowest BCUT2D eigenvalue weighted by molar-refractivity contribution is -0.133. The summed E-state index contributed by atoms with van der Waals surface area (Å²) in [5.41, 5.74) is 5.00. The van der Waals surface area contributed by atoms with E-state index in [-0.39, 0.29) is 11.8 Å². The number of amides is 2. The van der Waals surface area contributed by atoms with Gasteiger partial charge in [-0.2, -0.15) is 0 Å². The fourth-order valence-corrected chi connectivity index (χ4v) is 4.45. The summed E-state index contributed by atoms with van der Waals surface area (Å²) in [6, 6.07) is 24.8. The van der Waals surface area contributed by atoms with Crippen molar-refractivity contribution in [2.75, 3.05) is 11.4 Å². The van der Waals surface area contributed by atoms with E-state index in [2.05, 4.69) is 12.1 Å². The summed E-state index contributed by atoms with van der Waals surface area (Å²) in [5, 5.41) is 0. The van der Waals surface area contributed by atoms with E-state index in [9.17, 15) is 9.59 Å². The molecule has 0 aromatic heterocycles. The molecule has 0 radical (unpaired) electrons. The molecule has 1 atom stereocenters. The molecule has 0 unspecified atom stereocenters. The summed E-state index contributed by atoms with van der Waals surface area (Å²) in [4.78, 5) is 30.5. The van der Waals surface area contributed by atoms with E-state index in [1.807, 2.05) is 71.6 Å². The van der Waals surface area contributed by atoms with Crippen LogP contribution >= 0.6 is 0 Å². The summed E-state index contributed by atoms with van der Waals surface area (Å²) >= 11 is 0. The van der Waals surface area contributed by atoms with E-state index in [0.29, 0.717) is 25.1 Å². The molecule has 4 heteroatoms. The Labute approximate surface area is 170 Å². The molecule has 144 valence electrons. The van der Waals surface area contributed by atoms with Gasteiger partial charge in [-0.15, -0.1) is 0 Å². The number of para-hydroxylation sites is 1. The Hall–Kier alpha value is -3.40. The number of anilines is 1. The quantitative estimate of drug-likeness (QED) is 0.676. The van der Waals surface area contributed by atoms with Gasteiger partial charge in [-0.05, 0) is 41.3 Å². The number of hydrogen-bond donors (Lipinski definition) is 0. The highest BCUT2D eigenvalue weighted by Crippen LogP contribution is 2.35. The van der Waals surface area contributed by atoms with Crippen molar-refractivity contribution in [1.82, 2.24) is 4.90 Å². The number of fused-ring (bicyclic) bond motifs is 2. The molecule has 2 amide bonds. The molecule has 0 saturated carbocycles. The second kappa shape index (κ2) is 7.21. The molecule has 2 heterocycles. The van der Waals surface area contributed by atoms with Crippen molar-refractivity contribution in [3.63, 3.8) is 0 Å². The molecule has 0 bridgehead atoms. The van der Waals surface area contributed by atoms with Crippen LogP contribution in [0.2, 0.25) is 0 Å². The van der Waals surface area contributed by atoms with E-state index in [0.717, 1.165) is 17.7 Å². The second-order valence-electron chi connectivity index (χ2n) is 7.67. The van der Waals surface area contributed by atoms with Crippen molar-refractivity contribution in [3.05, 3.63) is 101 Å². The van der Waals surface area contributed by atoms with Gasteiger partial charge in [0.2, 0.25) is 5.91 Å². The highest BCUT2D eigenvalue weighted by molar-refractivity contribution is 6.11. The smallest absolute Gasteiger partial charge is 0.259 e. The molecule has 0 fully saturated rings.